The Kier molecular flexibility index (Phi) is 2.70. The third-order valence-corrected chi connectivity index (χ3v) is 3.71. The van der Waals surface area contributed by atoms with Crippen molar-refractivity contribution in [3.63, 3.8) is 0 Å². The second-order valence-electron chi connectivity index (χ2n) is 4.65. The first-order chi connectivity index (χ1) is 8.70. The second kappa shape index (κ2) is 4.24. The number of nitrogens with two attached hydrogens (primary N) is 1. The lowest BCUT2D eigenvalue weighted by molar-refractivity contribution is 0.563. The molecule has 1 aliphatic carbocycles. The molecule has 2 unspecified atom stereocenters. The first kappa shape index (κ1) is 11.5. The molecule has 5 nitrogen and oxygen atoms in total. The summed E-state index contributed by atoms with van der Waals surface area (Å²) in [5, 5.41) is 12.6. The molecule has 2 N–H and O–H groups in total. The zero-order valence-electron chi connectivity index (χ0n) is 10.0. The highest BCUT2D eigenvalue weighted by atomic mass is 35.5. The number of halogens is 1. The summed E-state index contributed by atoms with van der Waals surface area (Å²) in [6, 6.07) is 5.75. The molecular weight excluding hydrogens is 250 g/mol. The lowest BCUT2D eigenvalue weighted by Gasteiger charge is -2.06. The Morgan fingerprint density at radius 3 is 3.06 bits per heavy atom. The molecule has 1 fully saturated rings. The maximum atomic E-state index is 6.00. The largest absolute Gasteiger partial charge is 0.398 e. The van der Waals surface area contributed by atoms with Gasteiger partial charge in [0.05, 0.1) is 6.04 Å². The van der Waals surface area contributed by atoms with Crippen LogP contribution in [-0.2, 0) is 0 Å². The number of benzene rings is 1. The van der Waals surface area contributed by atoms with E-state index in [0.717, 1.165) is 18.4 Å². The fourth-order valence-corrected chi connectivity index (χ4v) is 2.46. The van der Waals surface area contributed by atoms with E-state index in [-0.39, 0.29) is 0 Å². The molecule has 0 aliphatic heterocycles. The van der Waals surface area contributed by atoms with Gasteiger partial charge in [0, 0.05) is 16.3 Å². The van der Waals surface area contributed by atoms with Gasteiger partial charge >= 0.3 is 0 Å². The number of tetrazole rings is 1. The normalized spacial score (nSPS) is 22.1. The van der Waals surface area contributed by atoms with Gasteiger partial charge in [0.25, 0.3) is 0 Å². The number of hydrogen-bond donors (Lipinski definition) is 1. The van der Waals surface area contributed by atoms with Gasteiger partial charge in [0.2, 0.25) is 0 Å². The van der Waals surface area contributed by atoms with E-state index in [2.05, 4.69) is 22.4 Å². The number of anilines is 1. The summed E-state index contributed by atoms with van der Waals surface area (Å²) >= 11 is 6.00. The van der Waals surface area contributed by atoms with Gasteiger partial charge in [-0.25, -0.2) is 4.68 Å². The van der Waals surface area contributed by atoms with Crippen LogP contribution in [0.1, 0.15) is 25.8 Å². The van der Waals surface area contributed by atoms with Crippen LogP contribution in [0.25, 0.3) is 11.4 Å². The van der Waals surface area contributed by atoms with Crippen LogP contribution in [0.4, 0.5) is 5.69 Å². The standard InChI is InChI=1S/C12H14ClN5/c1-2-7-5-11(7)18-12(15-16-17-18)9-6-8(13)3-4-10(9)14/h3-4,6-7,11H,2,5,14H2,1H3. The molecule has 0 saturated heterocycles. The molecule has 0 amide bonds. The highest BCUT2D eigenvalue weighted by Gasteiger charge is 2.39. The van der Waals surface area contributed by atoms with E-state index in [1.165, 1.54) is 0 Å². The van der Waals surface area contributed by atoms with Gasteiger partial charge in [-0.2, -0.15) is 0 Å². The van der Waals surface area contributed by atoms with Gasteiger partial charge in [0.1, 0.15) is 0 Å². The number of rotatable bonds is 3. The molecule has 18 heavy (non-hydrogen) atoms. The zero-order valence-corrected chi connectivity index (χ0v) is 10.8. The lowest BCUT2D eigenvalue weighted by Crippen LogP contribution is -2.03. The lowest BCUT2D eigenvalue weighted by atomic mass is 10.1. The van der Waals surface area contributed by atoms with Crippen molar-refractivity contribution in [1.82, 2.24) is 20.2 Å². The zero-order chi connectivity index (χ0) is 12.7. The molecule has 6 heteroatoms. The topological polar surface area (TPSA) is 69.6 Å². The van der Waals surface area contributed by atoms with E-state index >= 15 is 0 Å². The van der Waals surface area contributed by atoms with Crippen LogP contribution < -0.4 is 5.73 Å². The van der Waals surface area contributed by atoms with Crippen LogP contribution in [-0.4, -0.2) is 20.2 Å². The highest BCUT2D eigenvalue weighted by Crippen LogP contribution is 2.46. The van der Waals surface area contributed by atoms with E-state index in [1.807, 2.05) is 10.7 Å². The van der Waals surface area contributed by atoms with E-state index < -0.39 is 0 Å². The summed E-state index contributed by atoms with van der Waals surface area (Å²) < 4.78 is 1.87. The Balaban J connectivity index is 2.02. The Morgan fingerprint density at radius 1 is 1.50 bits per heavy atom. The minimum atomic E-state index is 0.401. The number of nitrogens with zero attached hydrogens (tertiary/aromatic N) is 4. The van der Waals surface area contributed by atoms with Crippen molar-refractivity contribution in [2.45, 2.75) is 25.8 Å². The molecule has 1 aromatic heterocycles. The van der Waals surface area contributed by atoms with Gasteiger partial charge < -0.3 is 5.73 Å². The minimum absolute atomic E-state index is 0.401. The molecular formula is C12H14ClN5. The van der Waals surface area contributed by atoms with Gasteiger partial charge in [-0.1, -0.05) is 24.9 Å². The van der Waals surface area contributed by atoms with Gasteiger partial charge in [-0.3, -0.25) is 0 Å². The molecule has 1 saturated carbocycles. The smallest absolute Gasteiger partial charge is 0.184 e. The third kappa shape index (κ3) is 1.84. The van der Waals surface area contributed by atoms with Crippen LogP contribution in [0, 0.1) is 5.92 Å². The van der Waals surface area contributed by atoms with Crippen molar-refractivity contribution in [3.8, 4) is 11.4 Å². The SMILES string of the molecule is CCC1CC1n1nnnc1-c1cc(Cl)ccc1N. The first-order valence-corrected chi connectivity index (χ1v) is 6.41. The van der Waals surface area contributed by atoms with Crippen molar-refractivity contribution in [2.75, 3.05) is 5.73 Å². The molecule has 2 atom stereocenters. The van der Waals surface area contributed by atoms with Crippen molar-refractivity contribution >= 4 is 17.3 Å². The van der Waals surface area contributed by atoms with Crippen LogP contribution in [0.3, 0.4) is 0 Å². The van der Waals surface area contributed by atoms with Gasteiger partial charge in [-0.05, 0) is 41.0 Å². The van der Waals surface area contributed by atoms with Crippen molar-refractivity contribution in [1.29, 1.82) is 0 Å². The fourth-order valence-electron chi connectivity index (χ4n) is 2.29. The molecule has 1 aliphatic rings. The molecule has 94 valence electrons. The van der Waals surface area contributed by atoms with E-state index in [9.17, 15) is 0 Å². The minimum Gasteiger partial charge on any atom is -0.398 e. The second-order valence-corrected chi connectivity index (χ2v) is 5.09. The third-order valence-electron chi connectivity index (χ3n) is 3.47. The predicted molar refractivity (Wildman–Crippen MR) is 70.1 cm³/mol. The van der Waals surface area contributed by atoms with Crippen molar-refractivity contribution in [2.24, 2.45) is 5.92 Å². The van der Waals surface area contributed by atoms with Crippen LogP contribution in [0.2, 0.25) is 5.02 Å². The summed E-state index contributed by atoms with van der Waals surface area (Å²) in [4.78, 5) is 0. The first-order valence-electron chi connectivity index (χ1n) is 6.04. The Hall–Kier alpha value is -1.62. The summed E-state index contributed by atoms with van der Waals surface area (Å²) in [7, 11) is 0. The van der Waals surface area contributed by atoms with E-state index in [0.29, 0.717) is 28.5 Å². The molecule has 1 heterocycles. The average molecular weight is 264 g/mol. The van der Waals surface area contributed by atoms with E-state index in [4.69, 9.17) is 17.3 Å². The quantitative estimate of drug-likeness (QED) is 0.864. The summed E-state index contributed by atoms with van der Waals surface area (Å²) in [5.74, 6) is 1.38. The number of aromatic nitrogens is 4. The van der Waals surface area contributed by atoms with Crippen LogP contribution >= 0.6 is 11.6 Å². The number of hydrogen-bond acceptors (Lipinski definition) is 4. The maximum Gasteiger partial charge on any atom is 0.184 e. The molecule has 1 aromatic carbocycles. The molecule has 0 spiro atoms. The van der Waals surface area contributed by atoms with Gasteiger partial charge in [-0.15, -0.1) is 5.10 Å². The Labute approximate surface area is 110 Å². The molecule has 0 radical (unpaired) electrons. The van der Waals surface area contributed by atoms with Crippen LogP contribution in [0.5, 0.6) is 0 Å². The Morgan fingerprint density at radius 2 is 2.33 bits per heavy atom. The molecule has 3 rings (SSSR count). The fraction of sp³-hybridized carbons (Fsp3) is 0.417. The van der Waals surface area contributed by atoms with Crippen LogP contribution in [0.15, 0.2) is 18.2 Å². The van der Waals surface area contributed by atoms with Crippen molar-refractivity contribution < 1.29 is 0 Å². The molecule has 2 aromatic rings. The summed E-state index contributed by atoms with van der Waals surface area (Å²) in [5.41, 5.74) is 7.41. The number of nitrogen functional groups attached to an aromatic ring is 1. The Bertz CT molecular complexity index is 580. The molecule has 0 bridgehead atoms. The predicted octanol–water partition coefficient (Wildman–Crippen LogP) is 2.55. The van der Waals surface area contributed by atoms with E-state index in [1.54, 1.807) is 12.1 Å². The monoisotopic (exact) mass is 263 g/mol. The van der Waals surface area contributed by atoms with Gasteiger partial charge in [0.15, 0.2) is 5.82 Å². The van der Waals surface area contributed by atoms with Crippen molar-refractivity contribution in [3.05, 3.63) is 23.2 Å². The average Bonchev–Trinajstić information content (AvgIpc) is 3.00. The summed E-state index contributed by atoms with van der Waals surface area (Å²) in [6.07, 6.45) is 2.28. The maximum absolute atomic E-state index is 6.00. The summed E-state index contributed by atoms with van der Waals surface area (Å²) in [6.45, 7) is 2.18. The highest BCUT2D eigenvalue weighted by molar-refractivity contribution is 6.31.